The molecular formula is C14H20FNO2. The molecule has 0 aliphatic heterocycles. The minimum absolute atomic E-state index is 0.0123. The molecule has 0 bridgehead atoms. The molecule has 0 aromatic heterocycles. The highest BCUT2D eigenvalue weighted by Gasteiger charge is 2.14. The first-order valence-electron chi connectivity index (χ1n) is 6.26. The molecule has 1 N–H and O–H groups in total. The first-order valence-corrected chi connectivity index (χ1v) is 6.26. The maximum absolute atomic E-state index is 13.2. The average molecular weight is 253 g/mol. The van der Waals surface area contributed by atoms with Crippen molar-refractivity contribution < 1.29 is 14.3 Å². The predicted octanol–water partition coefficient (Wildman–Crippen LogP) is 2.63. The fourth-order valence-corrected chi connectivity index (χ4v) is 1.89. The Morgan fingerprint density at radius 3 is 2.67 bits per heavy atom. The van der Waals surface area contributed by atoms with Gasteiger partial charge in [0.1, 0.15) is 5.82 Å². The number of rotatable bonds is 7. The van der Waals surface area contributed by atoms with Crippen molar-refractivity contribution in [3.63, 3.8) is 0 Å². The molecule has 0 saturated heterocycles. The predicted molar refractivity (Wildman–Crippen MR) is 70.6 cm³/mol. The van der Waals surface area contributed by atoms with Crippen LogP contribution in [0.1, 0.15) is 37.0 Å². The van der Waals surface area contributed by atoms with Crippen LogP contribution < -0.4 is 4.90 Å². The van der Waals surface area contributed by atoms with E-state index in [2.05, 4.69) is 6.92 Å². The van der Waals surface area contributed by atoms with E-state index in [0.717, 1.165) is 19.4 Å². The van der Waals surface area contributed by atoms with E-state index in [1.165, 1.54) is 19.1 Å². The number of ketones is 1. The first kappa shape index (κ1) is 14.6. The number of aliphatic hydroxyl groups is 1. The highest BCUT2D eigenvalue weighted by Crippen LogP contribution is 2.22. The minimum Gasteiger partial charge on any atom is -0.395 e. The normalized spacial score (nSPS) is 10.4. The molecule has 4 heteroatoms. The van der Waals surface area contributed by atoms with Gasteiger partial charge in [0.2, 0.25) is 0 Å². The van der Waals surface area contributed by atoms with E-state index in [4.69, 9.17) is 5.11 Å². The van der Waals surface area contributed by atoms with Crippen molar-refractivity contribution in [2.24, 2.45) is 0 Å². The largest absolute Gasteiger partial charge is 0.395 e. The second kappa shape index (κ2) is 7.11. The number of halogens is 1. The van der Waals surface area contributed by atoms with Crippen molar-refractivity contribution in [3.05, 3.63) is 29.6 Å². The van der Waals surface area contributed by atoms with Gasteiger partial charge in [-0.1, -0.05) is 13.3 Å². The Hall–Kier alpha value is -1.42. The molecule has 0 saturated carbocycles. The lowest BCUT2D eigenvalue weighted by atomic mass is 10.1. The third-order valence-electron chi connectivity index (χ3n) is 2.83. The van der Waals surface area contributed by atoms with Crippen LogP contribution >= 0.6 is 0 Å². The molecule has 1 rings (SSSR count). The number of aliphatic hydroxyl groups excluding tert-OH is 1. The van der Waals surface area contributed by atoms with Crippen LogP contribution in [0.4, 0.5) is 10.1 Å². The number of unbranched alkanes of at least 4 members (excludes halogenated alkanes) is 1. The van der Waals surface area contributed by atoms with Gasteiger partial charge in [-0.05, 0) is 31.5 Å². The molecule has 0 atom stereocenters. The maximum Gasteiger partial charge on any atom is 0.161 e. The Bertz CT molecular complexity index is 407. The van der Waals surface area contributed by atoms with Gasteiger partial charge in [0.25, 0.3) is 0 Å². The van der Waals surface area contributed by atoms with Gasteiger partial charge in [-0.3, -0.25) is 4.79 Å². The zero-order valence-corrected chi connectivity index (χ0v) is 10.9. The number of carbonyl (C=O) groups excluding carboxylic acids is 1. The second-order valence-electron chi connectivity index (χ2n) is 4.28. The number of carbonyl (C=O) groups is 1. The zero-order valence-electron chi connectivity index (χ0n) is 10.9. The summed E-state index contributed by atoms with van der Waals surface area (Å²) in [6, 6.07) is 4.21. The Balaban J connectivity index is 3.05. The summed E-state index contributed by atoms with van der Waals surface area (Å²) in [5, 5.41) is 9.08. The summed E-state index contributed by atoms with van der Waals surface area (Å²) in [6.45, 7) is 4.72. The number of benzene rings is 1. The van der Waals surface area contributed by atoms with Crippen LogP contribution in [-0.2, 0) is 0 Å². The van der Waals surface area contributed by atoms with Gasteiger partial charge in [-0.15, -0.1) is 0 Å². The van der Waals surface area contributed by atoms with Crippen LogP contribution in [0.25, 0.3) is 0 Å². The smallest absolute Gasteiger partial charge is 0.161 e. The van der Waals surface area contributed by atoms with E-state index in [1.807, 2.05) is 4.90 Å². The van der Waals surface area contributed by atoms with Crippen LogP contribution in [0.2, 0.25) is 0 Å². The van der Waals surface area contributed by atoms with E-state index in [-0.39, 0.29) is 12.4 Å². The molecule has 100 valence electrons. The SMILES string of the molecule is CCCCN(CCO)c1ccc(F)cc1C(C)=O. The molecule has 0 radical (unpaired) electrons. The summed E-state index contributed by atoms with van der Waals surface area (Å²) >= 11 is 0. The van der Waals surface area contributed by atoms with Crippen LogP contribution in [0, 0.1) is 5.82 Å². The highest BCUT2D eigenvalue weighted by atomic mass is 19.1. The quantitative estimate of drug-likeness (QED) is 0.759. The van der Waals surface area contributed by atoms with Crippen molar-refractivity contribution >= 4 is 11.5 Å². The Kier molecular flexibility index (Phi) is 5.78. The molecule has 0 aliphatic rings. The van der Waals surface area contributed by atoms with Gasteiger partial charge in [0.05, 0.1) is 6.61 Å². The van der Waals surface area contributed by atoms with E-state index < -0.39 is 5.82 Å². The van der Waals surface area contributed by atoms with Crippen molar-refractivity contribution in [1.29, 1.82) is 0 Å². The molecule has 1 aromatic rings. The number of anilines is 1. The lowest BCUT2D eigenvalue weighted by Gasteiger charge is -2.25. The number of hydrogen-bond acceptors (Lipinski definition) is 3. The molecule has 0 unspecified atom stereocenters. The maximum atomic E-state index is 13.2. The van der Waals surface area contributed by atoms with Crippen molar-refractivity contribution in [2.45, 2.75) is 26.7 Å². The molecule has 0 heterocycles. The lowest BCUT2D eigenvalue weighted by Crippen LogP contribution is -2.29. The topological polar surface area (TPSA) is 40.5 Å². The van der Waals surface area contributed by atoms with Crippen LogP contribution in [-0.4, -0.2) is 30.6 Å². The summed E-state index contributed by atoms with van der Waals surface area (Å²) in [5.74, 6) is -0.577. The number of Topliss-reactive ketones (excluding diaryl/α,β-unsaturated/α-hetero) is 1. The van der Waals surface area contributed by atoms with E-state index >= 15 is 0 Å². The van der Waals surface area contributed by atoms with Gasteiger partial charge in [-0.25, -0.2) is 4.39 Å². The van der Waals surface area contributed by atoms with Crippen molar-refractivity contribution in [3.8, 4) is 0 Å². The summed E-state index contributed by atoms with van der Waals surface area (Å²) < 4.78 is 13.2. The minimum atomic E-state index is -0.414. The highest BCUT2D eigenvalue weighted by molar-refractivity contribution is 5.99. The van der Waals surface area contributed by atoms with E-state index in [0.29, 0.717) is 17.8 Å². The van der Waals surface area contributed by atoms with Gasteiger partial charge in [-0.2, -0.15) is 0 Å². The summed E-state index contributed by atoms with van der Waals surface area (Å²) in [5.41, 5.74) is 1.07. The third kappa shape index (κ3) is 3.81. The Morgan fingerprint density at radius 1 is 1.39 bits per heavy atom. The fourth-order valence-electron chi connectivity index (χ4n) is 1.89. The first-order chi connectivity index (χ1) is 8.60. The van der Waals surface area contributed by atoms with Gasteiger partial charge < -0.3 is 10.0 Å². The lowest BCUT2D eigenvalue weighted by molar-refractivity contribution is 0.101. The third-order valence-corrected chi connectivity index (χ3v) is 2.83. The molecule has 1 aromatic carbocycles. The molecule has 18 heavy (non-hydrogen) atoms. The Morgan fingerprint density at radius 2 is 2.11 bits per heavy atom. The number of hydrogen-bond donors (Lipinski definition) is 1. The van der Waals surface area contributed by atoms with E-state index in [1.54, 1.807) is 6.07 Å². The van der Waals surface area contributed by atoms with Crippen LogP contribution in [0.15, 0.2) is 18.2 Å². The average Bonchev–Trinajstić information content (AvgIpc) is 2.34. The summed E-state index contributed by atoms with van der Waals surface area (Å²) in [4.78, 5) is 13.5. The number of nitrogens with zero attached hydrogens (tertiary/aromatic N) is 1. The molecular weight excluding hydrogens is 233 g/mol. The molecule has 0 fully saturated rings. The van der Waals surface area contributed by atoms with Crippen molar-refractivity contribution in [2.75, 3.05) is 24.6 Å². The molecule has 0 amide bonds. The van der Waals surface area contributed by atoms with Gasteiger partial charge in [0, 0.05) is 24.3 Å². The molecule has 0 spiro atoms. The van der Waals surface area contributed by atoms with Crippen molar-refractivity contribution in [1.82, 2.24) is 0 Å². The molecule has 0 aliphatic carbocycles. The second-order valence-corrected chi connectivity index (χ2v) is 4.28. The van der Waals surface area contributed by atoms with E-state index in [9.17, 15) is 9.18 Å². The van der Waals surface area contributed by atoms with Gasteiger partial charge in [0.15, 0.2) is 5.78 Å². The monoisotopic (exact) mass is 253 g/mol. The zero-order chi connectivity index (χ0) is 13.5. The molecule has 3 nitrogen and oxygen atoms in total. The van der Waals surface area contributed by atoms with Crippen LogP contribution in [0.5, 0.6) is 0 Å². The Labute approximate surface area is 107 Å². The van der Waals surface area contributed by atoms with Gasteiger partial charge >= 0.3 is 0 Å². The summed E-state index contributed by atoms with van der Waals surface area (Å²) in [7, 11) is 0. The standard InChI is InChI=1S/C14H20FNO2/c1-3-4-7-16(8-9-17)14-6-5-12(15)10-13(14)11(2)18/h5-6,10,17H,3-4,7-9H2,1-2H3. The van der Waals surface area contributed by atoms with Crippen LogP contribution in [0.3, 0.4) is 0 Å². The summed E-state index contributed by atoms with van der Waals surface area (Å²) in [6.07, 6.45) is 1.99. The fraction of sp³-hybridized carbons (Fsp3) is 0.500.